The molecule has 102 valence electrons. The average molecular weight is 274 g/mol. The zero-order valence-corrected chi connectivity index (χ0v) is 11.5. The molecule has 0 aromatic heterocycles. The Morgan fingerprint density at radius 2 is 2.00 bits per heavy atom. The molecular formula is C12H18O5S. The summed E-state index contributed by atoms with van der Waals surface area (Å²) in [7, 11) is -1.55. The molecule has 0 unspecified atom stereocenters. The van der Waals surface area contributed by atoms with Crippen molar-refractivity contribution >= 4 is 9.84 Å². The molecule has 0 bridgehead atoms. The van der Waals surface area contributed by atoms with E-state index in [1.165, 1.54) is 7.11 Å². The molecule has 1 N–H and O–H groups in total. The van der Waals surface area contributed by atoms with Gasteiger partial charge in [-0.1, -0.05) is 6.07 Å². The van der Waals surface area contributed by atoms with Gasteiger partial charge in [0.15, 0.2) is 21.3 Å². The maximum absolute atomic E-state index is 11.0. The molecule has 1 atom stereocenters. The molecule has 0 heterocycles. The summed E-state index contributed by atoms with van der Waals surface area (Å²) < 4.78 is 32.4. The molecule has 0 aliphatic carbocycles. The largest absolute Gasteiger partial charge is 0.493 e. The minimum atomic E-state index is -3.04. The van der Waals surface area contributed by atoms with E-state index >= 15 is 0 Å². The van der Waals surface area contributed by atoms with E-state index in [-0.39, 0.29) is 12.4 Å². The molecule has 5 nitrogen and oxygen atoms in total. The highest BCUT2D eigenvalue weighted by Crippen LogP contribution is 2.30. The van der Waals surface area contributed by atoms with Crippen molar-refractivity contribution in [1.29, 1.82) is 0 Å². The van der Waals surface area contributed by atoms with Gasteiger partial charge in [0, 0.05) is 6.26 Å². The van der Waals surface area contributed by atoms with Gasteiger partial charge in [-0.05, 0) is 24.6 Å². The number of benzene rings is 1. The van der Waals surface area contributed by atoms with Crippen LogP contribution in [0, 0.1) is 0 Å². The Bertz CT molecular complexity index is 493. The molecule has 1 aromatic rings. The standard InChI is InChI=1S/C12H18O5S/c1-9(13)10-4-5-11(12(8-10)16-2)17-6-7-18(3,14)15/h4-5,8-9,13H,6-7H2,1-3H3/t9-/m1/s1. The lowest BCUT2D eigenvalue weighted by atomic mass is 10.1. The second kappa shape index (κ2) is 6.06. The van der Waals surface area contributed by atoms with Gasteiger partial charge in [0.05, 0.1) is 19.0 Å². The highest BCUT2D eigenvalue weighted by molar-refractivity contribution is 7.90. The highest BCUT2D eigenvalue weighted by atomic mass is 32.2. The second-order valence-corrected chi connectivity index (χ2v) is 6.32. The van der Waals surface area contributed by atoms with Crippen molar-refractivity contribution < 1.29 is 23.0 Å². The van der Waals surface area contributed by atoms with Crippen LogP contribution in [0.5, 0.6) is 11.5 Å². The van der Waals surface area contributed by atoms with Crippen molar-refractivity contribution in [2.45, 2.75) is 13.0 Å². The summed E-state index contributed by atoms with van der Waals surface area (Å²) in [5.41, 5.74) is 0.710. The molecule has 1 rings (SSSR count). The summed E-state index contributed by atoms with van der Waals surface area (Å²) in [4.78, 5) is 0. The van der Waals surface area contributed by atoms with E-state index in [2.05, 4.69) is 0 Å². The van der Waals surface area contributed by atoms with Crippen molar-refractivity contribution in [3.63, 3.8) is 0 Å². The number of ether oxygens (including phenoxy) is 2. The summed E-state index contributed by atoms with van der Waals surface area (Å²) in [6.45, 7) is 1.72. The molecule has 0 aliphatic rings. The van der Waals surface area contributed by atoms with E-state index in [9.17, 15) is 13.5 Å². The van der Waals surface area contributed by atoms with Crippen LogP contribution < -0.4 is 9.47 Å². The SMILES string of the molecule is COc1cc([C@@H](C)O)ccc1OCCS(C)(=O)=O. The van der Waals surface area contributed by atoms with Gasteiger partial charge in [0.2, 0.25) is 0 Å². The summed E-state index contributed by atoms with van der Waals surface area (Å²) >= 11 is 0. The fourth-order valence-corrected chi connectivity index (χ4v) is 1.75. The van der Waals surface area contributed by atoms with E-state index in [0.29, 0.717) is 17.1 Å². The Kier molecular flexibility index (Phi) is 4.98. The predicted molar refractivity (Wildman–Crippen MR) is 68.8 cm³/mol. The van der Waals surface area contributed by atoms with Gasteiger partial charge in [-0.15, -0.1) is 0 Å². The van der Waals surface area contributed by atoms with Gasteiger partial charge >= 0.3 is 0 Å². The highest BCUT2D eigenvalue weighted by Gasteiger charge is 2.10. The normalized spacial score (nSPS) is 13.1. The monoisotopic (exact) mass is 274 g/mol. The topological polar surface area (TPSA) is 72.8 Å². The zero-order chi connectivity index (χ0) is 13.8. The Hall–Kier alpha value is -1.27. The fraction of sp³-hybridized carbons (Fsp3) is 0.500. The van der Waals surface area contributed by atoms with Crippen molar-refractivity contribution in [2.24, 2.45) is 0 Å². The van der Waals surface area contributed by atoms with Crippen LogP contribution in [0.3, 0.4) is 0 Å². The second-order valence-electron chi connectivity index (χ2n) is 4.06. The van der Waals surface area contributed by atoms with Crippen molar-refractivity contribution in [1.82, 2.24) is 0 Å². The van der Waals surface area contributed by atoms with E-state index in [0.717, 1.165) is 6.26 Å². The molecule has 0 aliphatic heterocycles. The van der Waals surface area contributed by atoms with Gasteiger partial charge in [0.1, 0.15) is 6.61 Å². The summed E-state index contributed by atoms with van der Waals surface area (Å²) in [5, 5.41) is 9.44. The number of hydrogen-bond donors (Lipinski definition) is 1. The van der Waals surface area contributed by atoms with Crippen LogP contribution in [-0.2, 0) is 9.84 Å². The van der Waals surface area contributed by atoms with Gasteiger partial charge in [-0.25, -0.2) is 8.42 Å². The first-order chi connectivity index (χ1) is 8.33. The Balaban J connectivity index is 2.77. The van der Waals surface area contributed by atoms with Crippen LogP contribution in [0.1, 0.15) is 18.6 Å². The van der Waals surface area contributed by atoms with Crippen LogP contribution in [0.25, 0.3) is 0 Å². The van der Waals surface area contributed by atoms with E-state index in [4.69, 9.17) is 9.47 Å². The molecule has 1 aromatic carbocycles. The summed E-state index contributed by atoms with van der Waals surface area (Å²) in [6.07, 6.45) is 0.563. The molecular weight excluding hydrogens is 256 g/mol. The molecule has 0 fully saturated rings. The van der Waals surface area contributed by atoms with E-state index in [1.54, 1.807) is 25.1 Å². The first-order valence-electron chi connectivity index (χ1n) is 5.50. The van der Waals surface area contributed by atoms with Crippen molar-refractivity contribution in [2.75, 3.05) is 25.7 Å². The smallest absolute Gasteiger partial charge is 0.161 e. The molecule has 0 radical (unpaired) electrons. The maximum atomic E-state index is 11.0. The minimum absolute atomic E-state index is 0.0473. The number of aliphatic hydroxyl groups excluding tert-OH is 1. The number of hydrogen-bond acceptors (Lipinski definition) is 5. The van der Waals surface area contributed by atoms with Crippen LogP contribution in [0.15, 0.2) is 18.2 Å². The van der Waals surface area contributed by atoms with Gasteiger partial charge in [-0.3, -0.25) is 0 Å². The zero-order valence-electron chi connectivity index (χ0n) is 10.7. The fourth-order valence-electron chi connectivity index (χ4n) is 1.37. The van der Waals surface area contributed by atoms with Crippen LogP contribution in [-0.4, -0.2) is 39.2 Å². The van der Waals surface area contributed by atoms with Gasteiger partial charge in [-0.2, -0.15) is 0 Å². The number of rotatable bonds is 6. The first kappa shape index (κ1) is 14.8. The lowest BCUT2D eigenvalue weighted by molar-refractivity contribution is 0.198. The van der Waals surface area contributed by atoms with Crippen molar-refractivity contribution in [3.05, 3.63) is 23.8 Å². The third-order valence-corrected chi connectivity index (χ3v) is 3.29. The Morgan fingerprint density at radius 3 is 2.50 bits per heavy atom. The van der Waals surface area contributed by atoms with Crippen LogP contribution in [0.2, 0.25) is 0 Å². The molecule has 0 saturated carbocycles. The van der Waals surface area contributed by atoms with Gasteiger partial charge in [0.25, 0.3) is 0 Å². The number of aliphatic hydroxyl groups is 1. The molecule has 0 saturated heterocycles. The molecule has 0 spiro atoms. The Labute approximate surface area is 107 Å². The number of methoxy groups -OCH3 is 1. The first-order valence-corrected chi connectivity index (χ1v) is 7.56. The van der Waals surface area contributed by atoms with Crippen LogP contribution in [0.4, 0.5) is 0 Å². The maximum Gasteiger partial charge on any atom is 0.161 e. The summed E-state index contributed by atoms with van der Waals surface area (Å²) in [5.74, 6) is 0.890. The minimum Gasteiger partial charge on any atom is -0.493 e. The summed E-state index contributed by atoms with van der Waals surface area (Å²) in [6, 6.07) is 5.03. The number of sulfone groups is 1. The van der Waals surface area contributed by atoms with Crippen molar-refractivity contribution in [3.8, 4) is 11.5 Å². The van der Waals surface area contributed by atoms with Gasteiger partial charge < -0.3 is 14.6 Å². The molecule has 6 heteroatoms. The average Bonchev–Trinajstić information content (AvgIpc) is 2.27. The Morgan fingerprint density at radius 1 is 1.33 bits per heavy atom. The molecule has 18 heavy (non-hydrogen) atoms. The quantitative estimate of drug-likeness (QED) is 0.843. The third-order valence-electron chi connectivity index (χ3n) is 2.38. The van der Waals surface area contributed by atoms with E-state index < -0.39 is 15.9 Å². The lowest BCUT2D eigenvalue weighted by Gasteiger charge is -2.13. The lowest BCUT2D eigenvalue weighted by Crippen LogP contribution is -2.12. The van der Waals surface area contributed by atoms with E-state index in [1.807, 2.05) is 0 Å². The van der Waals surface area contributed by atoms with Crippen LogP contribution >= 0.6 is 0 Å². The predicted octanol–water partition coefficient (Wildman–Crippen LogP) is 1.17. The molecule has 0 amide bonds. The third kappa shape index (κ3) is 4.54.